The van der Waals surface area contributed by atoms with E-state index in [1.54, 1.807) is 18.9 Å². The lowest BCUT2D eigenvalue weighted by Crippen LogP contribution is -2.42. The van der Waals surface area contributed by atoms with E-state index in [4.69, 9.17) is 10.5 Å². The van der Waals surface area contributed by atoms with Gasteiger partial charge in [-0.1, -0.05) is 0 Å². The van der Waals surface area contributed by atoms with Crippen LogP contribution in [-0.2, 0) is 14.8 Å². The minimum Gasteiger partial charge on any atom is -0.383 e. The third-order valence-corrected chi connectivity index (χ3v) is 5.60. The lowest BCUT2D eigenvalue weighted by Gasteiger charge is -2.25. The summed E-state index contributed by atoms with van der Waals surface area (Å²) in [6.45, 7) is 3.78. The second kappa shape index (κ2) is 8.71. The normalized spacial score (nSPS) is 19.8. The van der Waals surface area contributed by atoms with Gasteiger partial charge in [-0.05, 0) is 6.92 Å². The van der Waals surface area contributed by atoms with Crippen LogP contribution in [0.3, 0.4) is 0 Å². The number of hydrogen-bond acceptors (Lipinski definition) is 5. The molecule has 1 fully saturated rings. The fourth-order valence-electron chi connectivity index (χ4n) is 1.83. The molecule has 1 saturated heterocycles. The molecule has 0 aromatic heterocycles. The van der Waals surface area contributed by atoms with Crippen LogP contribution in [0.1, 0.15) is 6.92 Å². The van der Waals surface area contributed by atoms with Crippen LogP contribution in [0.5, 0.6) is 0 Å². The number of nitrogens with zero attached hydrogens (tertiary/aromatic N) is 2. The third-order valence-electron chi connectivity index (χ3n) is 2.81. The van der Waals surface area contributed by atoms with E-state index in [2.05, 4.69) is 10.3 Å². The minimum atomic E-state index is -3.21. The highest BCUT2D eigenvalue weighted by molar-refractivity contribution is 7.99. The first-order valence-electron chi connectivity index (χ1n) is 6.56. The van der Waals surface area contributed by atoms with Crippen molar-refractivity contribution in [1.29, 1.82) is 0 Å². The van der Waals surface area contributed by atoms with Crippen molar-refractivity contribution in [2.45, 2.75) is 13.0 Å². The number of rotatable bonds is 7. The van der Waals surface area contributed by atoms with Crippen LogP contribution in [0.4, 0.5) is 0 Å². The van der Waals surface area contributed by atoms with E-state index in [9.17, 15) is 8.42 Å². The van der Waals surface area contributed by atoms with Gasteiger partial charge in [0, 0.05) is 37.7 Å². The standard InChI is InChI=1S/C11H24N4O3S2/c1-10(9-18-2)14-11(12)13-3-8-20(16,17)15-4-6-19-7-5-15/h10H,3-9H2,1-2H3,(H3,12,13,14). The monoisotopic (exact) mass is 324 g/mol. The number of aliphatic imine (C=N–C) groups is 1. The first-order chi connectivity index (χ1) is 9.45. The number of guanidine groups is 1. The van der Waals surface area contributed by atoms with E-state index >= 15 is 0 Å². The smallest absolute Gasteiger partial charge is 0.215 e. The molecule has 1 atom stereocenters. The van der Waals surface area contributed by atoms with Crippen LogP contribution < -0.4 is 11.1 Å². The van der Waals surface area contributed by atoms with Crippen LogP contribution in [0, 0.1) is 0 Å². The average molecular weight is 324 g/mol. The lowest BCUT2D eigenvalue weighted by molar-refractivity contribution is 0.179. The molecule has 20 heavy (non-hydrogen) atoms. The molecular weight excluding hydrogens is 300 g/mol. The van der Waals surface area contributed by atoms with Crippen molar-refractivity contribution in [3.05, 3.63) is 0 Å². The average Bonchev–Trinajstić information content (AvgIpc) is 2.39. The predicted octanol–water partition coefficient (Wildman–Crippen LogP) is -0.696. The van der Waals surface area contributed by atoms with Crippen LogP contribution in [0.25, 0.3) is 0 Å². The molecule has 0 bridgehead atoms. The van der Waals surface area contributed by atoms with E-state index in [-0.39, 0.29) is 24.3 Å². The van der Waals surface area contributed by atoms with E-state index in [1.165, 1.54) is 4.31 Å². The summed E-state index contributed by atoms with van der Waals surface area (Å²) in [6.07, 6.45) is 0. The Balaban J connectivity index is 2.37. The molecule has 9 heteroatoms. The second-order valence-corrected chi connectivity index (χ2v) is 7.91. The highest BCUT2D eigenvalue weighted by Crippen LogP contribution is 2.13. The van der Waals surface area contributed by atoms with Gasteiger partial charge in [0.05, 0.1) is 18.9 Å². The Kier molecular flexibility index (Phi) is 7.63. The highest BCUT2D eigenvalue weighted by atomic mass is 32.2. The van der Waals surface area contributed by atoms with Gasteiger partial charge < -0.3 is 15.8 Å². The molecule has 3 N–H and O–H groups in total. The maximum absolute atomic E-state index is 12.1. The first-order valence-corrected chi connectivity index (χ1v) is 9.33. The SMILES string of the molecule is COCC(C)NC(N)=NCCS(=O)(=O)N1CCSCC1. The molecule has 0 amide bonds. The number of sulfonamides is 1. The first kappa shape index (κ1) is 17.5. The largest absolute Gasteiger partial charge is 0.383 e. The summed E-state index contributed by atoms with van der Waals surface area (Å²) in [5, 5.41) is 2.94. The zero-order valence-corrected chi connectivity index (χ0v) is 13.7. The van der Waals surface area contributed by atoms with Gasteiger partial charge in [-0.2, -0.15) is 11.8 Å². The van der Waals surface area contributed by atoms with Crippen molar-refractivity contribution in [1.82, 2.24) is 9.62 Å². The second-order valence-electron chi connectivity index (χ2n) is 4.60. The molecule has 0 aromatic carbocycles. The van der Waals surface area contributed by atoms with Crippen molar-refractivity contribution in [2.75, 3.05) is 50.6 Å². The summed E-state index contributed by atoms with van der Waals surface area (Å²) in [5.74, 6) is 1.97. The summed E-state index contributed by atoms with van der Waals surface area (Å²) in [5.41, 5.74) is 5.68. The maximum Gasteiger partial charge on any atom is 0.215 e. The number of hydrogen-bond donors (Lipinski definition) is 2. The van der Waals surface area contributed by atoms with Crippen LogP contribution in [0.2, 0.25) is 0 Å². The molecule has 0 aliphatic carbocycles. The fraction of sp³-hybridized carbons (Fsp3) is 0.909. The van der Waals surface area contributed by atoms with Crippen LogP contribution >= 0.6 is 11.8 Å². The zero-order chi connectivity index (χ0) is 15.0. The Hall–Kier alpha value is -0.510. The molecule has 0 radical (unpaired) electrons. The molecule has 1 unspecified atom stereocenters. The topological polar surface area (TPSA) is 97.0 Å². The Bertz CT molecular complexity index is 408. The van der Waals surface area contributed by atoms with Gasteiger partial charge in [-0.15, -0.1) is 0 Å². The Morgan fingerprint density at radius 1 is 1.50 bits per heavy atom. The Morgan fingerprint density at radius 2 is 2.15 bits per heavy atom. The van der Waals surface area contributed by atoms with Crippen molar-refractivity contribution < 1.29 is 13.2 Å². The summed E-state index contributed by atoms with van der Waals surface area (Å²) >= 11 is 1.78. The van der Waals surface area contributed by atoms with Gasteiger partial charge in [0.25, 0.3) is 0 Å². The van der Waals surface area contributed by atoms with Gasteiger partial charge in [-0.3, -0.25) is 4.99 Å². The van der Waals surface area contributed by atoms with Crippen molar-refractivity contribution >= 4 is 27.7 Å². The Labute approximate surface area is 125 Å². The van der Waals surface area contributed by atoms with E-state index in [0.717, 1.165) is 11.5 Å². The van der Waals surface area contributed by atoms with Gasteiger partial charge >= 0.3 is 0 Å². The van der Waals surface area contributed by atoms with Gasteiger partial charge in [0.15, 0.2) is 5.96 Å². The number of ether oxygens (including phenoxy) is 1. The van der Waals surface area contributed by atoms with E-state index in [1.807, 2.05) is 6.92 Å². The lowest BCUT2D eigenvalue weighted by atomic mass is 10.4. The van der Waals surface area contributed by atoms with Gasteiger partial charge in [-0.25, -0.2) is 12.7 Å². The molecular formula is C11H24N4O3S2. The molecule has 1 heterocycles. The van der Waals surface area contributed by atoms with Crippen molar-refractivity contribution in [3.63, 3.8) is 0 Å². The number of methoxy groups -OCH3 is 1. The highest BCUT2D eigenvalue weighted by Gasteiger charge is 2.23. The summed E-state index contributed by atoms with van der Waals surface area (Å²) in [4.78, 5) is 4.04. The van der Waals surface area contributed by atoms with Crippen molar-refractivity contribution in [3.8, 4) is 0 Å². The third kappa shape index (κ3) is 6.29. The molecule has 0 spiro atoms. The number of nitrogens with one attached hydrogen (secondary N) is 1. The molecule has 0 saturated carbocycles. The molecule has 0 aromatic rings. The van der Waals surface area contributed by atoms with E-state index < -0.39 is 10.0 Å². The molecule has 1 rings (SSSR count). The Morgan fingerprint density at radius 3 is 2.75 bits per heavy atom. The van der Waals surface area contributed by atoms with E-state index in [0.29, 0.717) is 19.7 Å². The van der Waals surface area contributed by atoms with Gasteiger partial charge in [0.1, 0.15) is 0 Å². The summed E-state index contributed by atoms with van der Waals surface area (Å²) in [7, 11) is -1.61. The van der Waals surface area contributed by atoms with Crippen LogP contribution in [0.15, 0.2) is 4.99 Å². The quantitative estimate of drug-likeness (QED) is 0.475. The predicted molar refractivity (Wildman–Crippen MR) is 83.6 cm³/mol. The number of nitrogens with two attached hydrogens (primary N) is 1. The molecule has 1 aliphatic heterocycles. The van der Waals surface area contributed by atoms with Gasteiger partial charge in [0.2, 0.25) is 10.0 Å². The zero-order valence-electron chi connectivity index (χ0n) is 12.0. The van der Waals surface area contributed by atoms with Crippen LogP contribution in [-0.4, -0.2) is 75.3 Å². The summed E-state index contributed by atoms with van der Waals surface area (Å²) in [6, 6.07) is 0.0412. The van der Waals surface area contributed by atoms with Crippen molar-refractivity contribution in [2.24, 2.45) is 10.7 Å². The molecule has 1 aliphatic rings. The minimum absolute atomic E-state index is 0.00128. The number of thioether (sulfide) groups is 1. The fourth-order valence-corrected chi connectivity index (χ4v) is 4.28. The maximum atomic E-state index is 12.1. The molecule has 118 valence electrons. The summed E-state index contributed by atoms with van der Waals surface area (Å²) < 4.78 is 30.6. The molecule has 7 nitrogen and oxygen atoms in total.